The Bertz CT molecular complexity index is 994. The number of hydrogen-bond acceptors (Lipinski definition) is 3. The van der Waals surface area contributed by atoms with Gasteiger partial charge in [-0.2, -0.15) is 5.10 Å². The fourth-order valence-electron chi connectivity index (χ4n) is 3.59. The number of piperidine rings is 1. The fraction of sp³-hybridized carbons (Fsp3) is 0.263. The van der Waals surface area contributed by atoms with Gasteiger partial charge >= 0.3 is 0 Å². The molecule has 0 spiro atoms. The molecule has 2 aromatic carbocycles. The van der Waals surface area contributed by atoms with Crippen molar-refractivity contribution in [1.82, 2.24) is 15.1 Å². The first kappa shape index (κ1) is 16.8. The molecule has 1 fully saturated rings. The fourth-order valence-corrected chi connectivity index (χ4v) is 3.59. The summed E-state index contributed by atoms with van der Waals surface area (Å²) in [6, 6.07) is 10.1. The van der Waals surface area contributed by atoms with Crippen LogP contribution in [0.5, 0.6) is 0 Å². The van der Waals surface area contributed by atoms with Crippen LogP contribution in [-0.2, 0) is 5.31 Å². The molecule has 1 saturated heterocycles. The highest BCUT2D eigenvalue weighted by atomic mass is 19.1. The van der Waals surface area contributed by atoms with E-state index in [1.54, 1.807) is 35.1 Å². The molecule has 2 heterocycles. The lowest BCUT2D eigenvalue weighted by Gasteiger charge is -2.35. The maximum atomic E-state index is 14.8. The second-order valence-corrected chi connectivity index (χ2v) is 6.78. The number of carbonyl (C=O) groups is 1. The van der Waals surface area contributed by atoms with E-state index in [0.717, 1.165) is 24.8 Å². The van der Waals surface area contributed by atoms with E-state index in [2.05, 4.69) is 10.4 Å². The molecule has 3 aromatic rings. The normalized spacial score (nSPS) is 20.3. The van der Waals surface area contributed by atoms with E-state index < -0.39 is 11.2 Å². The van der Waals surface area contributed by atoms with Crippen LogP contribution >= 0.6 is 0 Å². The molecule has 0 aliphatic carbocycles. The minimum atomic E-state index is -0.700. The van der Waals surface area contributed by atoms with Gasteiger partial charge in [-0.3, -0.25) is 4.79 Å². The minimum absolute atomic E-state index is 0.340. The van der Waals surface area contributed by atoms with Gasteiger partial charge in [-0.15, -0.1) is 0 Å². The maximum Gasteiger partial charge on any atom is 0.250 e. The van der Waals surface area contributed by atoms with Gasteiger partial charge in [0.25, 0.3) is 5.91 Å². The first-order chi connectivity index (χ1) is 12.5. The first-order valence-electron chi connectivity index (χ1n) is 8.56. The third-order valence-electron chi connectivity index (χ3n) is 4.97. The van der Waals surface area contributed by atoms with E-state index in [9.17, 15) is 9.18 Å². The molecular formula is C19H18BFN4O. The summed E-state index contributed by atoms with van der Waals surface area (Å²) >= 11 is 0. The minimum Gasteiger partial charge on any atom is -0.366 e. The number of nitrogens with one attached hydrogen (secondary N) is 1. The SMILES string of the molecule is [B][C@]1(c2ccc(-n3cc4cccc(C(N)=O)c4n3)cc2F)CCCNC1. The highest BCUT2D eigenvalue weighted by molar-refractivity contribution is 6.16. The Morgan fingerprint density at radius 2 is 2.19 bits per heavy atom. The van der Waals surface area contributed by atoms with E-state index in [0.29, 0.717) is 28.9 Å². The monoisotopic (exact) mass is 348 g/mol. The maximum absolute atomic E-state index is 14.8. The van der Waals surface area contributed by atoms with Gasteiger partial charge in [0.05, 0.1) is 19.1 Å². The predicted octanol–water partition coefficient (Wildman–Crippen LogP) is 2.01. The van der Waals surface area contributed by atoms with E-state index in [4.69, 9.17) is 13.6 Å². The van der Waals surface area contributed by atoms with Crippen molar-refractivity contribution in [2.45, 2.75) is 18.2 Å². The largest absolute Gasteiger partial charge is 0.366 e. The summed E-state index contributed by atoms with van der Waals surface area (Å²) in [5.41, 5.74) is 7.30. The van der Waals surface area contributed by atoms with Gasteiger partial charge in [-0.25, -0.2) is 9.07 Å². The summed E-state index contributed by atoms with van der Waals surface area (Å²) in [6.07, 6.45) is 3.40. The standard InChI is InChI=1S/C19H18BFN4O/c20-19(7-2-8-23-11-19)15-6-5-13(9-16(15)21)25-10-12-3-1-4-14(18(22)26)17(12)24-25/h1,3-6,9-10,23H,2,7-8,11H2,(H2,22,26)/t19-/m1/s1. The summed E-state index contributed by atoms with van der Waals surface area (Å²) in [6.45, 7) is 1.46. The summed E-state index contributed by atoms with van der Waals surface area (Å²) in [4.78, 5) is 11.6. The molecule has 7 heteroatoms. The Kier molecular flexibility index (Phi) is 4.03. The van der Waals surface area contributed by atoms with Crippen LogP contribution in [0.25, 0.3) is 16.6 Å². The van der Waals surface area contributed by atoms with Crippen molar-refractivity contribution in [3.8, 4) is 5.69 Å². The number of carbonyl (C=O) groups excluding carboxylic acids is 1. The molecule has 0 bridgehead atoms. The Balaban J connectivity index is 1.75. The van der Waals surface area contributed by atoms with Gasteiger partial charge < -0.3 is 11.1 Å². The number of nitrogens with zero attached hydrogens (tertiary/aromatic N) is 2. The molecule has 3 N–H and O–H groups in total. The van der Waals surface area contributed by atoms with Gasteiger partial charge in [0, 0.05) is 11.6 Å². The van der Waals surface area contributed by atoms with Crippen molar-refractivity contribution in [3.63, 3.8) is 0 Å². The van der Waals surface area contributed by atoms with Crippen molar-refractivity contribution in [2.75, 3.05) is 13.1 Å². The third kappa shape index (κ3) is 2.78. The molecule has 1 atom stereocenters. The summed E-state index contributed by atoms with van der Waals surface area (Å²) in [7, 11) is 6.41. The number of benzene rings is 2. The topological polar surface area (TPSA) is 72.9 Å². The lowest BCUT2D eigenvalue weighted by molar-refractivity contribution is 0.100. The van der Waals surface area contributed by atoms with Crippen LogP contribution in [0.3, 0.4) is 0 Å². The van der Waals surface area contributed by atoms with Gasteiger partial charge in [0.2, 0.25) is 0 Å². The van der Waals surface area contributed by atoms with Crippen LogP contribution in [-0.4, -0.2) is 36.6 Å². The number of halogens is 1. The molecule has 0 unspecified atom stereocenters. The van der Waals surface area contributed by atoms with Crippen LogP contribution in [0.15, 0.2) is 42.6 Å². The Morgan fingerprint density at radius 3 is 2.88 bits per heavy atom. The zero-order valence-electron chi connectivity index (χ0n) is 14.2. The van der Waals surface area contributed by atoms with Crippen molar-refractivity contribution in [2.24, 2.45) is 5.73 Å². The van der Waals surface area contributed by atoms with Crippen LogP contribution in [0.4, 0.5) is 4.39 Å². The molecule has 1 aliphatic heterocycles. The zero-order chi connectivity index (χ0) is 18.3. The number of fused-ring (bicyclic) bond motifs is 1. The smallest absolute Gasteiger partial charge is 0.250 e. The summed E-state index contributed by atoms with van der Waals surface area (Å²) in [5, 5.41) is 7.70. The van der Waals surface area contributed by atoms with Crippen molar-refractivity contribution >= 4 is 24.7 Å². The zero-order valence-corrected chi connectivity index (χ0v) is 14.2. The predicted molar refractivity (Wildman–Crippen MR) is 99.1 cm³/mol. The Morgan fingerprint density at radius 1 is 1.35 bits per heavy atom. The van der Waals surface area contributed by atoms with Gasteiger partial charge in [-0.05, 0) is 55.0 Å². The van der Waals surface area contributed by atoms with Crippen LogP contribution < -0.4 is 11.1 Å². The highest BCUT2D eigenvalue weighted by Gasteiger charge is 2.30. The molecule has 2 radical (unpaired) electrons. The lowest BCUT2D eigenvalue weighted by atomic mass is 9.60. The second kappa shape index (κ2) is 6.25. The lowest BCUT2D eigenvalue weighted by Crippen LogP contribution is -2.44. The van der Waals surface area contributed by atoms with Gasteiger partial charge in [0.15, 0.2) is 0 Å². The molecule has 5 nitrogen and oxygen atoms in total. The number of rotatable bonds is 3. The van der Waals surface area contributed by atoms with Gasteiger partial charge in [-0.1, -0.05) is 18.2 Å². The second-order valence-electron chi connectivity index (χ2n) is 6.78. The van der Waals surface area contributed by atoms with Crippen molar-refractivity contribution < 1.29 is 9.18 Å². The van der Waals surface area contributed by atoms with Crippen molar-refractivity contribution in [3.05, 3.63) is 59.5 Å². The summed E-state index contributed by atoms with van der Waals surface area (Å²) < 4.78 is 16.4. The Labute approximate surface area is 151 Å². The molecule has 1 aromatic heterocycles. The number of aromatic nitrogens is 2. The molecule has 1 aliphatic rings. The van der Waals surface area contributed by atoms with E-state index in [-0.39, 0.29) is 5.82 Å². The molecule has 0 saturated carbocycles. The molecule has 130 valence electrons. The first-order valence-corrected chi connectivity index (χ1v) is 8.56. The molecular weight excluding hydrogens is 330 g/mol. The van der Waals surface area contributed by atoms with Crippen LogP contribution in [0.2, 0.25) is 0 Å². The third-order valence-corrected chi connectivity index (χ3v) is 4.97. The number of amides is 1. The van der Waals surface area contributed by atoms with Crippen LogP contribution in [0, 0.1) is 5.82 Å². The number of nitrogens with two attached hydrogens (primary N) is 1. The Hall–Kier alpha value is -2.67. The molecule has 1 amide bonds. The number of hydrogen-bond donors (Lipinski definition) is 2. The van der Waals surface area contributed by atoms with Crippen LogP contribution in [0.1, 0.15) is 28.8 Å². The summed E-state index contributed by atoms with van der Waals surface area (Å²) in [5.74, 6) is -0.902. The van der Waals surface area contributed by atoms with E-state index in [1.165, 1.54) is 6.07 Å². The molecule has 4 rings (SSSR count). The average molecular weight is 348 g/mol. The average Bonchev–Trinajstić information content (AvgIpc) is 3.06. The molecule has 26 heavy (non-hydrogen) atoms. The van der Waals surface area contributed by atoms with Gasteiger partial charge in [0.1, 0.15) is 11.3 Å². The highest BCUT2D eigenvalue weighted by Crippen LogP contribution is 2.31. The number of primary amides is 1. The van der Waals surface area contributed by atoms with E-state index in [1.807, 2.05) is 6.07 Å². The van der Waals surface area contributed by atoms with E-state index >= 15 is 0 Å². The van der Waals surface area contributed by atoms with Crippen molar-refractivity contribution in [1.29, 1.82) is 0 Å². The quantitative estimate of drug-likeness (QED) is 0.712.